The van der Waals surface area contributed by atoms with Crippen LogP contribution >= 0.6 is 11.3 Å². The molecule has 0 saturated carbocycles. The van der Waals surface area contributed by atoms with Gasteiger partial charge in [-0.15, -0.1) is 11.3 Å². The first-order chi connectivity index (χ1) is 9.83. The van der Waals surface area contributed by atoms with Gasteiger partial charge in [-0.25, -0.2) is 4.98 Å². The monoisotopic (exact) mass is 290 g/mol. The average Bonchev–Trinajstić information content (AvgIpc) is 3.03. The molecule has 108 valence electrons. The third-order valence-electron chi connectivity index (χ3n) is 4.34. The maximum absolute atomic E-state index is 12.4. The number of carbonyl (C=O) groups excluding carboxylic acids is 1. The summed E-state index contributed by atoms with van der Waals surface area (Å²) in [4.78, 5) is 18.9. The normalized spacial score (nSPS) is 23.5. The average molecular weight is 290 g/mol. The first-order valence-electron chi connectivity index (χ1n) is 7.68. The summed E-state index contributed by atoms with van der Waals surface area (Å²) in [5.41, 5.74) is 1.36. The molecule has 1 aromatic rings. The van der Waals surface area contributed by atoms with E-state index in [1.807, 2.05) is 11.6 Å². The van der Waals surface area contributed by atoms with Crippen LogP contribution < -0.4 is 0 Å². The van der Waals surface area contributed by atoms with Crippen LogP contribution in [0.1, 0.15) is 55.9 Å². The SMILES string of the molecule is O=C(CC1=CCCCC1)N1CCC[C@H](c2nccs2)C1. The molecule has 4 heteroatoms. The first-order valence-corrected chi connectivity index (χ1v) is 8.56. The Balaban J connectivity index is 1.58. The minimum Gasteiger partial charge on any atom is -0.342 e. The van der Waals surface area contributed by atoms with Crippen LogP contribution in [0, 0.1) is 0 Å². The summed E-state index contributed by atoms with van der Waals surface area (Å²) < 4.78 is 0. The predicted octanol–water partition coefficient (Wildman–Crippen LogP) is 3.74. The summed E-state index contributed by atoms with van der Waals surface area (Å²) in [6.45, 7) is 1.79. The Morgan fingerprint density at radius 1 is 1.40 bits per heavy atom. The third kappa shape index (κ3) is 3.29. The van der Waals surface area contributed by atoms with Crippen LogP contribution in [-0.2, 0) is 4.79 Å². The van der Waals surface area contributed by atoms with E-state index in [0.717, 1.165) is 32.4 Å². The van der Waals surface area contributed by atoms with Crippen molar-refractivity contribution in [2.24, 2.45) is 0 Å². The summed E-state index contributed by atoms with van der Waals surface area (Å²) >= 11 is 1.72. The molecule has 0 aromatic carbocycles. The fraction of sp³-hybridized carbons (Fsp3) is 0.625. The number of amides is 1. The number of carbonyl (C=O) groups is 1. The molecule has 20 heavy (non-hydrogen) atoms. The summed E-state index contributed by atoms with van der Waals surface area (Å²) in [7, 11) is 0. The Bertz CT molecular complexity index is 481. The van der Waals surface area contributed by atoms with E-state index < -0.39 is 0 Å². The van der Waals surface area contributed by atoms with Crippen LogP contribution in [0.5, 0.6) is 0 Å². The lowest BCUT2D eigenvalue weighted by Crippen LogP contribution is -2.39. The fourth-order valence-corrected chi connectivity index (χ4v) is 3.98. The van der Waals surface area contributed by atoms with E-state index in [0.29, 0.717) is 18.2 Å². The van der Waals surface area contributed by atoms with Gasteiger partial charge in [-0.3, -0.25) is 4.79 Å². The molecule has 3 nitrogen and oxygen atoms in total. The molecule has 1 fully saturated rings. The van der Waals surface area contributed by atoms with E-state index in [4.69, 9.17) is 0 Å². The smallest absolute Gasteiger partial charge is 0.226 e. The lowest BCUT2D eigenvalue weighted by atomic mass is 9.95. The Labute approximate surface area is 124 Å². The van der Waals surface area contributed by atoms with Crippen molar-refractivity contribution in [3.05, 3.63) is 28.2 Å². The molecule has 0 unspecified atom stereocenters. The molecule has 1 aliphatic heterocycles. The first kappa shape index (κ1) is 13.8. The minimum absolute atomic E-state index is 0.319. The Hall–Kier alpha value is -1.16. The topological polar surface area (TPSA) is 33.2 Å². The molecule has 0 radical (unpaired) electrons. The molecule has 2 heterocycles. The van der Waals surface area contributed by atoms with Gasteiger partial charge in [0.05, 0.1) is 5.01 Å². The van der Waals surface area contributed by atoms with Gasteiger partial charge in [0, 0.05) is 37.0 Å². The van der Waals surface area contributed by atoms with Gasteiger partial charge in [0.25, 0.3) is 0 Å². The largest absolute Gasteiger partial charge is 0.342 e. The van der Waals surface area contributed by atoms with Crippen LogP contribution in [0.2, 0.25) is 0 Å². The summed E-state index contributed by atoms with van der Waals surface area (Å²) in [5.74, 6) is 0.771. The van der Waals surface area contributed by atoms with Gasteiger partial charge in [0.1, 0.15) is 0 Å². The van der Waals surface area contributed by atoms with Crippen molar-refractivity contribution in [2.75, 3.05) is 13.1 Å². The summed E-state index contributed by atoms with van der Waals surface area (Å²) in [6, 6.07) is 0. The quantitative estimate of drug-likeness (QED) is 0.795. The van der Waals surface area contributed by atoms with Gasteiger partial charge >= 0.3 is 0 Å². The van der Waals surface area contributed by atoms with Crippen molar-refractivity contribution < 1.29 is 4.79 Å². The molecule has 1 aliphatic carbocycles. The van der Waals surface area contributed by atoms with E-state index >= 15 is 0 Å². The number of allylic oxidation sites excluding steroid dienone is 1. The highest BCUT2D eigenvalue weighted by atomic mass is 32.1. The van der Waals surface area contributed by atoms with E-state index in [1.54, 1.807) is 11.3 Å². The van der Waals surface area contributed by atoms with Crippen LogP contribution in [-0.4, -0.2) is 28.9 Å². The maximum Gasteiger partial charge on any atom is 0.226 e. The van der Waals surface area contributed by atoms with Crippen molar-refractivity contribution in [1.82, 2.24) is 9.88 Å². The van der Waals surface area contributed by atoms with Crippen molar-refractivity contribution in [1.29, 1.82) is 0 Å². The van der Waals surface area contributed by atoms with Crippen LogP contribution in [0.15, 0.2) is 23.2 Å². The van der Waals surface area contributed by atoms with Crippen molar-refractivity contribution in [2.45, 2.75) is 50.9 Å². The zero-order valence-corrected chi connectivity index (χ0v) is 12.7. The maximum atomic E-state index is 12.4. The lowest BCUT2D eigenvalue weighted by Gasteiger charge is -2.32. The molecular weight excluding hydrogens is 268 g/mol. The van der Waals surface area contributed by atoms with Crippen molar-refractivity contribution in [3.8, 4) is 0 Å². The number of piperidine rings is 1. The number of likely N-dealkylation sites (tertiary alicyclic amines) is 1. The molecular formula is C16H22N2OS. The molecule has 1 saturated heterocycles. The van der Waals surface area contributed by atoms with E-state index in [-0.39, 0.29) is 0 Å². The molecule has 3 rings (SSSR count). The van der Waals surface area contributed by atoms with E-state index in [9.17, 15) is 4.79 Å². The zero-order chi connectivity index (χ0) is 13.8. The summed E-state index contributed by atoms with van der Waals surface area (Å²) in [6.07, 6.45) is 11.9. The minimum atomic E-state index is 0.319. The van der Waals surface area contributed by atoms with Crippen LogP contribution in [0.4, 0.5) is 0 Å². The molecule has 1 aromatic heterocycles. The summed E-state index contributed by atoms with van der Waals surface area (Å²) in [5, 5.41) is 3.22. The standard InChI is InChI=1S/C16H22N2OS/c19-15(11-13-5-2-1-3-6-13)18-9-4-7-14(12-18)16-17-8-10-20-16/h5,8,10,14H,1-4,6-7,9,11-12H2/t14-/m0/s1. The Morgan fingerprint density at radius 2 is 2.35 bits per heavy atom. The van der Waals surface area contributed by atoms with Gasteiger partial charge in [-0.05, 0) is 38.5 Å². The van der Waals surface area contributed by atoms with Crippen molar-refractivity contribution >= 4 is 17.2 Å². The lowest BCUT2D eigenvalue weighted by molar-refractivity contribution is -0.131. The predicted molar refractivity (Wildman–Crippen MR) is 81.8 cm³/mol. The number of nitrogens with zero attached hydrogens (tertiary/aromatic N) is 2. The molecule has 0 spiro atoms. The highest BCUT2D eigenvalue weighted by Crippen LogP contribution is 2.29. The van der Waals surface area contributed by atoms with Gasteiger partial charge in [0.15, 0.2) is 0 Å². The van der Waals surface area contributed by atoms with Gasteiger partial charge < -0.3 is 4.90 Å². The zero-order valence-electron chi connectivity index (χ0n) is 11.9. The van der Waals surface area contributed by atoms with Crippen molar-refractivity contribution in [3.63, 3.8) is 0 Å². The van der Waals surface area contributed by atoms with Gasteiger partial charge in [-0.1, -0.05) is 11.6 Å². The van der Waals surface area contributed by atoms with E-state index in [2.05, 4.69) is 16.0 Å². The van der Waals surface area contributed by atoms with Gasteiger partial charge in [-0.2, -0.15) is 0 Å². The number of hydrogen-bond acceptors (Lipinski definition) is 3. The van der Waals surface area contributed by atoms with E-state index in [1.165, 1.54) is 29.8 Å². The Kier molecular flexibility index (Phi) is 4.51. The molecule has 2 aliphatic rings. The number of hydrogen-bond donors (Lipinski definition) is 0. The fourth-order valence-electron chi connectivity index (χ4n) is 3.21. The second kappa shape index (κ2) is 6.53. The highest BCUT2D eigenvalue weighted by molar-refractivity contribution is 7.09. The van der Waals surface area contributed by atoms with Gasteiger partial charge in [0.2, 0.25) is 5.91 Å². The number of rotatable bonds is 3. The third-order valence-corrected chi connectivity index (χ3v) is 5.28. The molecule has 0 bridgehead atoms. The highest BCUT2D eigenvalue weighted by Gasteiger charge is 2.26. The van der Waals surface area contributed by atoms with Crippen LogP contribution in [0.25, 0.3) is 0 Å². The van der Waals surface area contributed by atoms with Crippen LogP contribution in [0.3, 0.4) is 0 Å². The second-order valence-corrected chi connectivity index (χ2v) is 6.76. The molecule has 1 atom stereocenters. The Morgan fingerprint density at radius 3 is 3.10 bits per heavy atom. The number of aromatic nitrogens is 1. The second-order valence-electron chi connectivity index (χ2n) is 5.83. The molecule has 1 amide bonds. The number of thiazole rings is 1. The molecule has 0 N–H and O–H groups in total.